The number of carbonyl (C=O) groups excluding carboxylic acids is 1. The predicted molar refractivity (Wildman–Crippen MR) is 92.4 cm³/mol. The van der Waals surface area contributed by atoms with Crippen LogP contribution in [-0.2, 0) is 9.63 Å². The lowest BCUT2D eigenvalue weighted by molar-refractivity contribution is -0.144. The van der Waals surface area contributed by atoms with Crippen LogP contribution in [0.2, 0.25) is 5.02 Å². The monoisotopic (exact) mass is 449 g/mol. The second kappa shape index (κ2) is 8.39. The first-order chi connectivity index (χ1) is 12.2. The zero-order chi connectivity index (χ0) is 19.4. The molecule has 1 aromatic carbocycles. The molecule has 1 aromatic heterocycles. The minimum atomic E-state index is -1.40. The van der Waals surface area contributed by atoms with Crippen molar-refractivity contribution in [1.29, 1.82) is 0 Å². The highest BCUT2D eigenvalue weighted by Crippen LogP contribution is 2.31. The Balaban J connectivity index is 2.41. The van der Waals surface area contributed by atoms with E-state index in [1.54, 1.807) is 13.0 Å². The molecule has 0 aliphatic rings. The Bertz CT molecular complexity index is 882. The molecule has 26 heavy (non-hydrogen) atoms. The summed E-state index contributed by atoms with van der Waals surface area (Å²) in [7, 11) is 0. The summed E-state index contributed by atoms with van der Waals surface area (Å²) in [5.41, 5.74) is 1.48. The van der Waals surface area contributed by atoms with Crippen molar-refractivity contribution >= 4 is 50.9 Å². The quantitative estimate of drug-likeness (QED) is 0.459. The van der Waals surface area contributed by atoms with Crippen LogP contribution in [0.5, 0.6) is 0 Å². The van der Waals surface area contributed by atoms with Gasteiger partial charge in [-0.2, -0.15) is 0 Å². The van der Waals surface area contributed by atoms with Gasteiger partial charge < -0.3 is 10.4 Å². The molecule has 3 N–H and O–H groups in total. The first-order valence-electron chi connectivity index (χ1n) is 6.91. The molecular formula is C15H11BrClF2N3O4. The number of aryl methyl sites for hydroxylation is 1. The maximum absolute atomic E-state index is 14.4. The van der Waals surface area contributed by atoms with Crippen molar-refractivity contribution in [2.75, 3.05) is 11.9 Å². The molecule has 0 aliphatic heterocycles. The molecule has 2 rings (SSSR count). The van der Waals surface area contributed by atoms with Crippen molar-refractivity contribution in [3.8, 4) is 0 Å². The summed E-state index contributed by atoms with van der Waals surface area (Å²) in [6.45, 7) is 0.847. The Labute approximate surface area is 159 Å². The number of aliphatic carboxylic acids is 1. The molecule has 11 heteroatoms. The van der Waals surface area contributed by atoms with Gasteiger partial charge >= 0.3 is 5.97 Å². The number of halogens is 4. The molecule has 0 saturated heterocycles. The molecule has 1 amide bonds. The van der Waals surface area contributed by atoms with Gasteiger partial charge in [0.25, 0.3) is 5.91 Å². The summed E-state index contributed by atoms with van der Waals surface area (Å²) < 4.78 is 28.9. The number of carboxylic acid groups (broad SMARTS) is 1. The Kier molecular flexibility index (Phi) is 6.46. The van der Waals surface area contributed by atoms with Crippen molar-refractivity contribution in [3.05, 3.63) is 50.6 Å². The standard InChI is InChI=1S/C15H11BrClF2N3O4/c1-6-2-7(16)4-20-14(6)21-13-8(3-9(17)11(18)12(13)19)15(25)22-26-5-10(23)24/h2-4H,5H2,1H3,(H,20,21)(H,22,25)(H,23,24). The van der Waals surface area contributed by atoms with E-state index in [0.29, 0.717) is 10.0 Å². The van der Waals surface area contributed by atoms with Crippen LogP contribution < -0.4 is 10.8 Å². The summed E-state index contributed by atoms with van der Waals surface area (Å²) in [4.78, 5) is 31.0. The SMILES string of the molecule is Cc1cc(Br)cnc1Nc1c(C(=O)NOCC(=O)O)cc(Cl)c(F)c1F. The smallest absolute Gasteiger partial charge is 0.332 e. The summed E-state index contributed by atoms with van der Waals surface area (Å²) in [5.74, 6) is -4.93. The minimum Gasteiger partial charge on any atom is -0.479 e. The van der Waals surface area contributed by atoms with Crippen LogP contribution in [-0.4, -0.2) is 28.6 Å². The number of benzene rings is 1. The van der Waals surface area contributed by atoms with E-state index in [9.17, 15) is 18.4 Å². The van der Waals surface area contributed by atoms with Crippen molar-refractivity contribution in [3.63, 3.8) is 0 Å². The Hall–Kier alpha value is -2.30. The van der Waals surface area contributed by atoms with Crippen LogP contribution in [0.25, 0.3) is 0 Å². The van der Waals surface area contributed by atoms with Crippen molar-refractivity contribution in [1.82, 2.24) is 10.5 Å². The van der Waals surface area contributed by atoms with Gasteiger partial charge in [-0.25, -0.2) is 24.0 Å². The maximum Gasteiger partial charge on any atom is 0.332 e. The third-order valence-electron chi connectivity index (χ3n) is 3.06. The molecule has 0 aliphatic carbocycles. The number of hydroxylamine groups is 1. The van der Waals surface area contributed by atoms with Crippen LogP contribution in [0.4, 0.5) is 20.3 Å². The molecule has 0 fully saturated rings. The molecule has 0 atom stereocenters. The van der Waals surface area contributed by atoms with E-state index in [4.69, 9.17) is 16.7 Å². The summed E-state index contributed by atoms with van der Waals surface area (Å²) >= 11 is 8.82. The van der Waals surface area contributed by atoms with Gasteiger partial charge in [-0.15, -0.1) is 0 Å². The number of carboxylic acids is 1. The largest absolute Gasteiger partial charge is 0.479 e. The first-order valence-corrected chi connectivity index (χ1v) is 8.08. The molecule has 0 saturated carbocycles. The zero-order valence-electron chi connectivity index (χ0n) is 13.1. The van der Waals surface area contributed by atoms with E-state index in [-0.39, 0.29) is 5.82 Å². The Morgan fingerprint density at radius 1 is 1.35 bits per heavy atom. The van der Waals surface area contributed by atoms with Crippen LogP contribution in [0.3, 0.4) is 0 Å². The molecule has 0 bridgehead atoms. The van der Waals surface area contributed by atoms with Crippen molar-refractivity contribution in [2.24, 2.45) is 0 Å². The highest BCUT2D eigenvalue weighted by molar-refractivity contribution is 9.10. The molecule has 2 aromatic rings. The second-order valence-corrected chi connectivity index (χ2v) is 6.29. The molecule has 0 unspecified atom stereocenters. The van der Waals surface area contributed by atoms with Crippen LogP contribution >= 0.6 is 27.5 Å². The van der Waals surface area contributed by atoms with E-state index in [1.165, 1.54) is 6.20 Å². The molecule has 7 nitrogen and oxygen atoms in total. The van der Waals surface area contributed by atoms with E-state index < -0.39 is 46.4 Å². The number of hydrogen-bond donors (Lipinski definition) is 3. The third kappa shape index (κ3) is 4.65. The molecule has 0 radical (unpaired) electrons. The minimum absolute atomic E-state index is 0.175. The van der Waals surface area contributed by atoms with Gasteiger partial charge in [0.2, 0.25) is 0 Å². The number of hydrogen-bond acceptors (Lipinski definition) is 5. The van der Waals surface area contributed by atoms with Gasteiger partial charge in [-0.3, -0.25) is 9.63 Å². The van der Waals surface area contributed by atoms with Gasteiger partial charge in [0.15, 0.2) is 18.2 Å². The lowest BCUT2D eigenvalue weighted by atomic mass is 10.1. The molecule has 0 spiro atoms. The van der Waals surface area contributed by atoms with E-state index in [1.807, 2.05) is 5.48 Å². The Morgan fingerprint density at radius 2 is 2.04 bits per heavy atom. The van der Waals surface area contributed by atoms with E-state index >= 15 is 0 Å². The number of carbonyl (C=O) groups is 2. The lowest BCUT2D eigenvalue weighted by Crippen LogP contribution is -2.27. The average molecular weight is 451 g/mol. The first kappa shape index (κ1) is 20.0. The second-order valence-electron chi connectivity index (χ2n) is 4.97. The van der Waals surface area contributed by atoms with Gasteiger partial charge in [-0.1, -0.05) is 11.6 Å². The Morgan fingerprint density at radius 3 is 2.65 bits per heavy atom. The molecular weight excluding hydrogens is 440 g/mol. The highest BCUT2D eigenvalue weighted by atomic mass is 79.9. The fourth-order valence-corrected chi connectivity index (χ4v) is 2.54. The highest BCUT2D eigenvalue weighted by Gasteiger charge is 2.23. The number of nitrogens with zero attached hydrogens (tertiary/aromatic N) is 1. The normalized spacial score (nSPS) is 10.5. The van der Waals surface area contributed by atoms with Crippen LogP contribution in [0, 0.1) is 18.6 Å². The zero-order valence-corrected chi connectivity index (χ0v) is 15.4. The van der Waals surface area contributed by atoms with E-state index in [0.717, 1.165) is 6.07 Å². The number of rotatable bonds is 6. The fraction of sp³-hybridized carbons (Fsp3) is 0.133. The number of anilines is 2. The topological polar surface area (TPSA) is 101 Å². The van der Waals surface area contributed by atoms with Gasteiger partial charge in [-0.05, 0) is 40.5 Å². The summed E-state index contributed by atoms with van der Waals surface area (Å²) in [5, 5.41) is 10.4. The van der Waals surface area contributed by atoms with E-state index in [2.05, 4.69) is 31.1 Å². The average Bonchev–Trinajstić information content (AvgIpc) is 2.56. The van der Waals surface area contributed by atoms with Crippen molar-refractivity contribution in [2.45, 2.75) is 6.92 Å². The third-order valence-corrected chi connectivity index (χ3v) is 3.76. The number of pyridine rings is 1. The number of aromatic nitrogens is 1. The van der Waals surface area contributed by atoms with Crippen LogP contribution in [0.1, 0.15) is 15.9 Å². The van der Waals surface area contributed by atoms with Gasteiger partial charge in [0.1, 0.15) is 5.82 Å². The van der Waals surface area contributed by atoms with Crippen LogP contribution in [0.15, 0.2) is 22.8 Å². The lowest BCUT2D eigenvalue weighted by Gasteiger charge is -2.15. The predicted octanol–water partition coefficient (Wildman–Crippen LogP) is 3.57. The van der Waals surface area contributed by atoms with Gasteiger partial charge in [0, 0.05) is 10.7 Å². The number of nitrogens with one attached hydrogen (secondary N) is 2. The number of amides is 1. The summed E-state index contributed by atoms with van der Waals surface area (Å²) in [6.07, 6.45) is 1.43. The molecule has 1 heterocycles. The molecule has 138 valence electrons. The van der Waals surface area contributed by atoms with Gasteiger partial charge in [0.05, 0.1) is 16.3 Å². The summed E-state index contributed by atoms with van der Waals surface area (Å²) in [6, 6.07) is 2.56. The van der Waals surface area contributed by atoms with Crippen molar-refractivity contribution < 1.29 is 28.3 Å². The maximum atomic E-state index is 14.4. The fourth-order valence-electron chi connectivity index (χ4n) is 1.90.